The maximum atomic E-state index is 12.1. The Hall–Kier alpha value is -1.80. The van der Waals surface area contributed by atoms with Gasteiger partial charge >= 0.3 is 6.18 Å². The number of anilines is 1. The second-order valence-electron chi connectivity index (χ2n) is 5.46. The third-order valence-electron chi connectivity index (χ3n) is 3.41. The molecular formula is C15H21ClF3N3O2. The van der Waals surface area contributed by atoms with Gasteiger partial charge < -0.3 is 16.4 Å². The van der Waals surface area contributed by atoms with E-state index in [-0.39, 0.29) is 29.9 Å². The molecule has 9 heteroatoms. The zero-order valence-electron chi connectivity index (χ0n) is 13.5. The van der Waals surface area contributed by atoms with Gasteiger partial charge in [-0.05, 0) is 31.5 Å². The number of nitrogens with one attached hydrogen (secondary N) is 2. The SMILES string of the molecule is Cc1ccc(C(=O)NCC(F)(F)F)cc1NC(=O)C(C)C(C)N.Cl. The van der Waals surface area contributed by atoms with Crippen molar-refractivity contribution >= 4 is 29.9 Å². The molecule has 0 saturated heterocycles. The summed E-state index contributed by atoms with van der Waals surface area (Å²) in [4.78, 5) is 23.7. The Balaban J connectivity index is 0.00000529. The summed E-state index contributed by atoms with van der Waals surface area (Å²) in [5.74, 6) is -1.63. The number of hydrogen-bond acceptors (Lipinski definition) is 3. The molecule has 2 atom stereocenters. The van der Waals surface area contributed by atoms with Crippen LogP contribution in [0.15, 0.2) is 18.2 Å². The molecular weight excluding hydrogens is 347 g/mol. The summed E-state index contributed by atoms with van der Waals surface area (Å²) in [5, 5.41) is 4.42. The van der Waals surface area contributed by atoms with Crippen molar-refractivity contribution in [2.75, 3.05) is 11.9 Å². The molecule has 4 N–H and O–H groups in total. The van der Waals surface area contributed by atoms with Crippen LogP contribution in [0.3, 0.4) is 0 Å². The van der Waals surface area contributed by atoms with Gasteiger partial charge in [0.1, 0.15) is 6.54 Å². The van der Waals surface area contributed by atoms with E-state index in [9.17, 15) is 22.8 Å². The number of carbonyl (C=O) groups is 2. The van der Waals surface area contributed by atoms with Crippen LogP contribution in [0, 0.1) is 12.8 Å². The summed E-state index contributed by atoms with van der Waals surface area (Å²) in [6.45, 7) is 3.65. The molecule has 5 nitrogen and oxygen atoms in total. The van der Waals surface area contributed by atoms with Crippen molar-refractivity contribution in [3.63, 3.8) is 0 Å². The lowest BCUT2D eigenvalue weighted by Gasteiger charge is -2.17. The lowest BCUT2D eigenvalue weighted by molar-refractivity contribution is -0.123. The molecule has 0 bridgehead atoms. The van der Waals surface area contributed by atoms with Crippen LogP contribution >= 0.6 is 12.4 Å². The Morgan fingerprint density at radius 3 is 2.33 bits per heavy atom. The average molecular weight is 368 g/mol. The van der Waals surface area contributed by atoms with Crippen LogP contribution in [0.25, 0.3) is 0 Å². The standard InChI is InChI=1S/C15H20F3N3O2.ClH/c1-8-4-5-11(14(23)20-7-15(16,17)18)6-12(8)21-13(22)9(2)10(3)19;/h4-6,9-10H,7,19H2,1-3H3,(H,20,23)(H,21,22);1H. The highest BCUT2D eigenvalue weighted by Gasteiger charge is 2.28. The predicted octanol–water partition coefficient (Wildman–Crippen LogP) is 2.63. The Morgan fingerprint density at radius 1 is 1.25 bits per heavy atom. The topological polar surface area (TPSA) is 84.2 Å². The van der Waals surface area contributed by atoms with Crippen LogP contribution < -0.4 is 16.4 Å². The number of rotatable bonds is 5. The minimum absolute atomic E-state index is 0. The van der Waals surface area contributed by atoms with E-state index in [1.54, 1.807) is 32.2 Å². The van der Waals surface area contributed by atoms with Crippen molar-refractivity contribution < 1.29 is 22.8 Å². The molecule has 2 amide bonds. The van der Waals surface area contributed by atoms with Gasteiger partial charge in [0.25, 0.3) is 5.91 Å². The van der Waals surface area contributed by atoms with Crippen LogP contribution in [0.4, 0.5) is 18.9 Å². The third kappa shape index (κ3) is 6.76. The number of halogens is 4. The van der Waals surface area contributed by atoms with E-state index in [0.29, 0.717) is 11.3 Å². The summed E-state index contributed by atoms with van der Waals surface area (Å²) in [7, 11) is 0. The van der Waals surface area contributed by atoms with Gasteiger partial charge in [0.2, 0.25) is 5.91 Å². The maximum Gasteiger partial charge on any atom is 0.405 e. The molecule has 1 rings (SSSR count). The van der Waals surface area contributed by atoms with Gasteiger partial charge in [-0.1, -0.05) is 13.0 Å². The highest BCUT2D eigenvalue weighted by atomic mass is 35.5. The summed E-state index contributed by atoms with van der Waals surface area (Å²) in [5.41, 5.74) is 6.73. The summed E-state index contributed by atoms with van der Waals surface area (Å²) in [6, 6.07) is 3.93. The van der Waals surface area contributed by atoms with Gasteiger partial charge in [0.05, 0.1) is 5.92 Å². The second-order valence-corrected chi connectivity index (χ2v) is 5.46. The molecule has 1 aromatic rings. The van der Waals surface area contributed by atoms with E-state index in [2.05, 4.69) is 5.32 Å². The van der Waals surface area contributed by atoms with Crippen molar-refractivity contribution in [3.8, 4) is 0 Å². The predicted molar refractivity (Wildman–Crippen MR) is 88.3 cm³/mol. The highest BCUT2D eigenvalue weighted by Crippen LogP contribution is 2.19. The number of alkyl halides is 3. The van der Waals surface area contributed by atoms with Gasteiger partial charge in [0.15, 0.2) is 0 Å². The molecule has 0 aliphatic rings. The monoisotopic (exact) mass is 367 g/mol. The minimum atomic E-state index is -4.48. The molecule has 1 aromatic carbocycles. The number of hydrogen-bond donors (Lipinski definition) is 3. The Bertz CT molecular complexity index is 592. The molecule has 2 unspecified atom stereocenters. The maximum absolute atomic E-state index is 12.1. The van der Waals surface area contributed by atoms with Gasteiger partial charge in [-0.2, -0.15) is 13.2 Å². The van der Waals surface area contributed by atoms with Crippen molar-refractivity contribution in [3.05, 3.63) is 29.3 Å². The van der Waals surface area contributed by atoms with Crippen molar-refractivity contribution in [1.82, 2.24) is 5.32 Å². The highest BCUT2D eigenvalue weighted by molar-refractivity contribution is 5.98. The first-order valence-corrected chi connectivity index (χ1v) is 7.03. The van der Waals surface area contributed by atoms with E-state index in [0.717, 1.165) is 0 Å². The quantitative estimate of drug-likeness (QED) is 0.748. The minimum Gasteiger partial charge on any atom is -0.343 e. The molecule has 24 heavy (non-hydrogen) atoms. The number of amides is 2. The average Bonchev–Trinajstić information content (AvgIpc) is 2.45. The fourth-order valence-corrected chi connectivity index (χ4v) is 1.67. The van der Waals surface area contributed by atoms with E-state index in [4.69, 9.17) is 5.73 Å². The third-order valence-corrected chi connectivity index (χ3v) is 3.41. The molecule has 0 heterocycles. The van der Waals surface area contributed by atoms with Crippen molar-refractivity contribution in [1.29, 1.82) is 0 Å². The Labute approximate surface area is 144 Å². The number of carbonyl (C=O) groups excluding carboxylic acids is 2. The number of benzene rings is 1. The smallest absolute Gasteiger partial charge is 0.343 e. The number of aryl methyl sites for hydroxylation is 1. The second kappa shape index (κ2) is 8.89. The molecule has 0 radical (unpaired) electrons. The van der Waals surface area contributed by atoms with Crippen LogP contribution in [0.5, 0.6) is 0 Å². The Kier molecular flexibility index (Phi) is 8.22. The first kappa shape index (κ1) is 22.2. The van der Waals surface area contributed by atoms with Crippen molar-refractivity contribution in [2.24, 2.45) is 11.7 Å². The summed E-state index contributed by atoms with van der Waals surface area (Å²) < 4.78 is 36.4. The number of nitrogens with two attached hydrogens (primary N) is 1. The lowest BCUT2D eigenvalue weighted by atomic mass is 10.0. The van der Waals surface area contributed by atoms with Gasteiger partial charge in [0, 0.05) is 17.3 Å². The van der Waals surface area contributed by atoms with Crippen LogP contribution in [-0.2, 0) is 4.79 Å². The zero-order valence-corrected chi connectivity index (χ0v) is 14.3. The van der Waals surface area contributed by atoms with E-state index in [1.807, 2.05) is 0 Å². The van der Waals surface area contributed by atoms with Crippen LogP contribution in [0.1, 0.15) is 29.8 Å². The van der Waals surface area contributed by atoms with Gasteiger partial charge in [-0.15, -0.1) is 12.4 Å². The molecule has 0 fully saturated rings. The first-order valence-electron chi connectivity index (χ1n) is 7.03. The van der Waals surface area contributed by atoms with Crippen LogP contribution in [0.2, 0.25) is 0 Å². The molecule has 0 spiro atoms. The van der Waals surface area contributed by atoms with E-state index in [1.165, 1.54) is 12.1 Å². The molecule has 0 aliphatic carbocycles. The normalized spacial score (nSPS) is 13.5. The summed E-state index contributed by atoms with van der Waals surface area (Å²) >= 11 is 0. The Morgan fingerprint density at radius 2 is 1.83 bits per heavy atom. The van der Waals surface area contributed by atoms with Crippen LogP contribution in [-0.4, -0.2) is 30.6 Å². The summed E-state index contributed by atoms with van der Waals surface area (Å²) in [6.07, 6.45) is -4.48. The fraction of sp³-hybridized carbons (Fsp3) is 0.467. The first-order chi connectivity index (χ1) is 10.5. The molecule has 0 aliphatic heterocycles. The van der Waals surface area contributed by atoms with E-state index >= 15 is 0 Å². The van der Waals surface area contributed by atoms with E-state index < -0.39 is 24.5 Å². The van der Waals surface area contributed by atoms with Crippen molar-refractivity contribution in [2.45, 2.75) is 33.0 Å². The zero-order chi connectivity index (χ0) is 17.8. The fourth-order valence-electron chi connectivity index (χ4n) is 1.67. The van der Waals surface area contributed by atoms with Gasteiger partial charge in [-0.3, -0.25) is 9.59 Å². The lowest BCUT2D eigenvalue weighted by Crippen LogP contribution is -2.35. The van der Waals surface area contributed by atoms with Gasteiger partial charge in [-0.25, -0.2) is 0 Å². The molecule has 0 aromatic heterocycles. The molecule has 0 saturated carbocycles. The molecule has 136 valence electrons. The largest absolute Gasteiger partial charge is 0.405 e.